The highest BCUT2D eigenvalue weighted by molar-refractivity contribution is 5.65. The number of hydrogen-bond donors (Lipinski definition) is 1. The second-order valence-corrected chi connectivity index (χ2v) is 8.36. The van der Waals surface area contributed by atoms with Crippen LogP contribution in [-0.2, 0) is 6.54 Å². The number of fused-ring (bicyclic) bond motifs is 1. The third kappa shape index (κ3) is 3.94. The molecule has 1 aliphatic carbocycles. The second kappa shape index (κ2) is 8.14. The third-order valence-corrected chi connectivity index (χ3v) is 6.09. The van der Waals surface area contributed by atoms with Crippen LogP contribution in [0.2, 0.25) is 0 Å². The number of piperidine rings is 1. The van der Waals surface area contributed by atoms with Crippen LogP contribution in [0.15, 0.2) is 36.7 Å². The minimum absolute atomic E-state index is 0.209. The molecule has 7 nitrogen and oxygen atoms in total. The van der Waals surface area contributed by atoms with Gasteiger partial charge in [-0.05, 0) is 38.8 Å². The highest BCUT2D eigenvalue weighted by atomic mass is 16.5. The highest BCUT2D eigenvalue weighted by Crippen LogP contribution is 2.41. The molecule has 2 aromatic heterocycles. The summed E-state index contributed by atoms with van der Waals surface area (Å²) in [6.45, 7) is 2.73. The molecule has 1 saturated carbocycles. The van der Waals surface area contributed by atoms with Crippen molar-refractivity contribution >= 4 is 11.5 Å². The maximum absolute atomic E-state index is 6.32. The van der Waals surface area contributed by atoms with Gasteiger partial charge in [0.15, 0.2) is 11.5 Å². The molecular weight excluding hydrogens is 378 g/mol. The first kappa shape index (κ1) is 19.2. The van der Waals surface area contributed by atoms with E-state index in [2.05, 4.69) is 32.7 Å². The SMILES string of the molecule is COc1ccccc1CNc1nc(OC2CCN(C)CC2)cn2c(C3CC3)cnc12. The van der Waals surface area contributed by atoms with Gasteiger partial charge in [0.25, 0.3) is 0 Å². The third-order valence-electron chi connectivity index (χ3n) is 6.09. The van der Waals surface area contributed by atoms with Gasteiger partial charge in [0, 0.05) is 43.0 Å². The fourth-order valence-corrected chi connectivity index (χ4v) is 4.14. The number of benzene rings is 1. The fourth-order valence-electron chi connectivity index (χ4n) is 4.14. The predicted molar refractivity (Wildman–Crippen MR) is 116 cm³/mol. The van der Waals surface area contributed by atoms with E-state index in [-0.39, 0.29) is 6.10 Å². The van der Waals surface area contributed by atoms with Gasteiger partial charge in [-0.1, -0.05) is 18.2 Å². The van der Waals surface area contributed by atoms with E-state index in [1.165, 1.54) is 18.5 Å². The Morgan fingerprint density at radius 1 is 1.13 bits per heavy atom. The van der Waals surface area contributed by atoms with Gasteiger partial charge in [0.05, 0.1) is 13.3 Å². The molecule has 3 heterocycles. The van der Waals surface area contributed by atoms with Crippen LogP contribution in [0.3, 0.4) is 0 Å². The smallest absolute Gasteiger partial charge is 0.232 e. The Kier molecular flexibility index (Phi) is 5.21. The van der Waals surface area contributed by atoms with Gasteiger partial charge < -0.3 is 19.7 Å². The van der Waals surface area contributed by atoms with E-state index in [9.17, 15) is 0 Å². The molecule has 2 fully saturated rings. The lowest BCUT2D eigenvalue weighted by atomic mass is 10.1. The van der Waals surface area contributed by atoms with Crippen LogP contribution >= 0.6 is 0 Å². The quantitative estimate of drug-likeness (QED) is 0.644. The number of ether oxygens (including phenoxy) is 2. The van der Waals surface area contributed by atoms with Gasteiger partial charge >= 0.3 is 0 Å². The van der Waals surface area contributed by atoms with Crippen LogP contribution < -0.4 is 14.8 Å². The number of hydrogen-bond acceptors (Lipinski definition) is 6. The summed E-state index contributed by atoms with van der Waals surface area (Å²) in [5.41, 5.74) is 3.18. The van der Waals surface area contributed by atoms with E-state index in [1.807, 2.05) is 30.6 Å². The zero-order valence-corrected chi connectivity index (χ0v) is 17.7. The molecule has 0 unspecified atom stereocenters. The Labute approximate surface area is 177 Å². The van der Waals surface area contributed by atoms with Gasteiger partial charge in [0.1, 0.15) is 11.9 Å². The minimum atomic E-state index is 0.209. The summed E-state index contributed by atoms with van der Waals surface area (Å²) in [6, 6.07) is 8.03. The molecule has 7 heteroatoms. The van der Waals surface area contributed by atoms with Crippen LogP contribution in [-0.4, -0.2) is 52.6 Å². The Balaban J connectivity index is 1.43. The van der Waals surface area contributed by atoms with Crippen LogP contribution in [0, 0.1) is 0 Å². The van der Waals surface area contributed by atoms with Crippen LogP contribution in [0.4, 0.5) is 5.82 Å². The van der Waals surface area contributed by atoms with Crippen molar-refractivity contribution in [2.75, 3.05) is 32.6 Å². The maximum atomic E-state index is 6.32. The van der Waals surface area contributed by atoms with Crippen molar-refractivity contribution in [1.82, 2.24) is 19.3 Å². The molecule has 0 radical (unpaired) electrons. The molecule has 3 aromatic rings. The summed E-state index contributed by atoms with van der Waals surface area (Å²) in [6.07, 6.45) is 8.72. The van der Waals surface area contributed by atoms with Gasteiger partial charge in [-0.3, -0.25) is 4.40 Å². The van der Waals surface area contributed by atoms with E-state index in [0.29, 0.717) is 18.3 Å². The molecule has 1 aliphatic heterocycles. The van der Waals surface area contributed by atoms with Gasteiger partial charge in [-0.15, -0.1) is 0 Å². The first-order valence-corrected chi connectivity index (χ1v) is 10.8. The zero-order chi connectivity index (χ0) is 20.5. The molecule has 1 aromatic carbocycles. The van der Waals surface area contributed by atoms with Gasteiger partial charge in [0.2, 0.25) is 5.88 Å². The number of anilines is 1. The van der Waals surface area contributed by atoms with E-state index < -0.39 is 0 Å². The average Bonchev–Trinajstić information content (AvgIpc) is 3.53. The number of para-hydroxylation sites is 1. The van der Waals surface area contributed by atoms with E-state index in [1.54, 1.807) is 7.11 Å². The lowest BCUT2D eigenvalue weighted by Crippen LogP contribution is -2.35. The summed E-state index contributed by atoms with van der Waals surface area (Å²) in [7, 11) is 3.86. The number of imidazole rings is 1. The molecule has 1 N–H and O–H groups in total. The number of likely N-dealkylation sites (tertiary alicyclic amines) is 1. The number of nitrogens with one attached hydrogen (secondary N) is 1. The molecule has 30 heavy (non-hydrogen) atoms. The fraction of sp³-hybridized carbons (Fsp3) is 0.478. The van der Waals surface area contributed by atoms with Crippen molar-refractivity contribution in [3.63, 3.8) is 0 Å². The zero-order valence-electron chi connectivity index (χ0n) is 17.7. The normalized spacial score (nSPS) is 17.9. The molecule has 0 amide bonds. The summed E-state index contributed by atoms with van der Waals surface area (Å²) < 4.78 is 14.0. The van der Waals surface area contributed by atoms with Crippen molar-refractivity contribution in [3.05, 3.63) is 47.9 Å². The van der Waals surface area contributed by atoms with Crippen LogP contribution in [0.1, 0.15) is 42.9 Å². The van der Waals surface area contributed by atoms with Crippen LogP contribution in [0.25, 0.3) is 5.65 Å². The molecule has 2 aliphatic rings. The Morgan fingerprint density at radius 2 is 1.93 bits per heavy atom. The van der Waals surface area contributed by atoms with Gasteiger partial charge in [-0.2, -0.15) is 4.98 Å². The first-order valence-electron chi connectivity index (χ1n) is 10.8. The van der Waals surface area contributed by atoms with E-state index >= 15 is 0 Å². The van der Waals surface area contributed by atoms with Crippen LogP contribution in [0.5, 0.6) is 11.6 Å². The minimum Gasteiger partial charge on any atom is -0.496 e. The maximum Gasteiger partial charge on any atom is 0.232 e. The lowest BCUT2D eigenvalue weighted by molar-refractivity contribution is 0.109. The lowest BCUT2D eigenvalue weighted by Gasteiger charge is -2.29. The molecule has 0 bridgehead atoms. The predicted octanol–water partition coefficient (Wildman–Crippen LogP) is 3.70. The number of aromatic nitrogens is 3. The number of rotatable bonds is 7. The van der Waals surface area contributed by atoms with E-state index in [0.717, 1.165) is 48.7 Å². The Morgan fingerprint density at radius 3 is 2.70 bits per heavy atom. The molecule has 0 atom stereocenters. The largest absolute Gasteiger partial charge is 0.496 e. The monoisotopic (exact) mass is 407 g/mol. The van der Waals surface area contributed by atoms with E-state index in [4.69, 9.17) is 14.5 Å². The summed E-state index contributed by atoms with van der Waals surface area (Å²) >= 11 is 0. The number of nitrogens with zero attached hydrogens (tertiary/aromatic N) is 4. The Hall–Kier alpha value is -2.80. The summed E-state index contributed by atoms with van der Waals surface area (Å²) in [4.78, 5) is 11.8. The number of methoxy groups -OCH3 is 1. The molecule has 1 saturated heterocycles. The summed E-state index contributed by atoms with van der Waals surface area (Å²) in [5, 5.41) is 3.47. The highest BCUT2D eigenvalue weighted by Gasteiger charge is 2.28. The Bertz CT molecular complexity index is 1020. The van der Waals surface area contributed by atoms with Gasteiger partial charge in [-0.25, -0.2) is 4.98 Å². The second-order valence-electron chi connectivity index (χ2n) is 8.36. The molecule has 0 spiro atoms. The van der Waals surface area contributed by atoms with Crippen molar-refractivity contribution in [1.29, 1.82) is 0 Å². The van der Waals surface area contributed by atoms with Crippen molar-refractivity contribution in [2.45, 2.75) is 44.2 Å². The average molecular weight is 408 g/mol. The first-order chi connectivity index (χ1) is 14.7. The van der Waals surface area contributed by atoms with Crippen molar-refractivity contribution in [3.8, 4) is 11.6 Å². The molecular formula is C23H29N5O2. The summed E-state index contributed by atoms with van der Waals surface area (Å²) in [5.74, 6) is 2.88. The van der Waals surface area contributed by atoms with Crippen molar-refractivity contribution in [2.24, 2.45) is 0 Å². The topological polar surface area (TPSA) is 63.9 Å². The molecule has 158 valence electrons. The van der Waals surface area contributed by atoms with Crippen molar-refractivity contribution < 1.29 is 9.47 Å². The molecule has 5 rings (SSSR count). The standard InChI is InChI=1S/C23H29N5O2/c1-27-11-9-18(10-12-27)30-21-15-28-19(16-7-8-16)14-25-23(28)22(26-21)24-13-17-5-3-4-6-20(17)29-2/h3-6,14-16,18H,7-13H2,1-2H3,(H,24,26).